The minimum atomic E-state index is -0.0850. The third-order valence-electron chi connectivity index (χ3n) is 4.43. The number of hydrogen-bond donors (Lipinski definition) is 0. The number of piperidine rings is 1. The van der Waals surface area contributed by atoms with Gasteiger partial charge >= 0.3 is 0 Å². The Balaban J connectivity index is 1.71. The highest BCUT2D eigenvalue weighted by Gasteiger charge is 2.33. The third-order valence-corrected chi connectivity index (χ3v) is 4.43. The maximum Gasteiger partial charge on any atom is 0.292 e. The number of methoxy groups -OCH3 is 1. The summed E-state index contributed by atoms with van der Waals surface area (Å²) in [5.74, 6) is 0.513. The summed E-state index contributed by atoms with van der Waals surface area (Å²) in [6.45, 7) is 3.17. The summed E-state index contributed by atoms with van der Waals surface area (Å²) >= 11 is 0. The van der Waals surface area contributed by atoms with E-state index in [4.69, 9.17) is 9.26 Å². The Bertz CT molecular complexity index is 653. The van der Waals surface area contributed by atoms with Crippen molar-refractivity contribution >= 4 is 5.91 Å². The third kappa shape index (κ3) is 3.62. The molecular formula is C18H22N2O3. The number of rotatable bonds is 4. The zero-order valence-electron chi connectivity index (χ0n) is 13.6. The smallest absolute Gasteiger partial charge is 0.292 e. The van der Waals surface area contributed by atoms with E-state index in [9.17, 15) is 4.79 Å². The van der Waals surface area contributed by atoms with Crippen LogP contribution in [0.5, 0.6) is 0 Å². The van der Waals surface area contributed by atoms with E-state index in [1.165, 1.54) is 5.56 Å². The van der Waals surface area contributed by atoms with Crippen LogP contribution in [0.1, 0.15) is 28.2 Å². The quantitative estimate of drug-likeness (QED) is 0.870. The second kappa shape index (κ2) is 6.96. The monoisotopic (exact) mass is 314 g/mol. The molecule has 0 aliphatic carbocycles. The largest absolute Gasteiger partial charge is 0.381 e. The van der Waals surface area contributed by atoms with Crippen LogP contribution in [-0.2, 0) is 11.2 Å². The lowest BCUT2D eigenvalue weighted by molar-refractivity contribution is -0.00412. The van der Waals surface area contributed by atoms with E-state index < -0.39 is 0 Å². The van der Waals surface area contributed by atoms with Crippen LogP contribution in [0.2, 0.25) is 0 Å². The first kappa shape index (κ1) is 15.7. The first-order chi connectivity index (χ1) is 11.2. The second-order valence-corrected chi connectivity index (χ2v) is 6.10. The zero-order valence-corrected chi connectivity index (χ0v) is 13.6. The first-order valence-electron chi connectivity index (χ1n) is 7.96. The molecule has 5 nitrogen and oxygen atoms in total. The first-order valence-corrected chi connectivity index (χ1v) is 7.96. The van der Waals surface area contributed by atoms with Crippen LogP contribution in [0.3, 0.4) is 0 Å². The van der Waals surface area contributed by atoms with Gasteiger partial charge in [-0.15, -0.1) is 0 Å². The van der Waals surface area contributed by atoms with Gasteiger partial charge in [-0.2, -0.15) is 0 Å². The number of aromatic nitrogens is 1. The van der Waals surface area contributed by atoms with Crippen molar-refractivity contribution in [3.63, 3.8) is 0 Å². The topological polar surface area (TPSA) is 55.6 Å². The van der Waals surface area contributed by atoms with E-state index in [-0.39, 0.29) is 17.9 Å². The molecule has 1 aromatic carbocycles. The molecule has 1 fully saturated rings. The number of aryl methyl sites for hydroxylation is 1. The van der Waals surface area contributed by atoms with Crippen LogP contribution in [-0.4, -0.2) is 42.3 Å². The van der Waals surface area contributed by atoms with Crippen LogP contribution in [0.25, 0.3) is 0 Å². The van der Waals surface area contributed by atoms with Crippen LogP contribution in [0, 0.1) is 12.8 Å². The number of hydrogen-bond acceptors (Lipinski definition) is 4. The zero-order chi connectivity index (χ0) is 16.2. The van der Waals surface area contributed by atoms with Crippen molar-refractivity contribution in [2.24, 2.45) is 5.92 Å². The summed E-state index contributed by atoms with van der Waals surface area (Å²) in [5.41, 5.74) is 1.99. The number of benzene rings is 1. The molecule has 0 radical (unpaired) electrons. The number of amides is 1. The molecule has 0 saturated carbocycles. The van der Waals surface area contributed by atoms with E-state index >= 15 is 0 Å². The van der Waals surface area contributed by atoms with Crippen LogP contribution in [0.4, 0.5) is 0 Å². The van der Waals surface area contributed by atoms with E-state index in [2.05, 4.69) is 17.3 Å². The predicted octanol–water partition coefficient (Wildman–Crippen LogP) is 2.70. The van der Waals surface area contributed by atoms with Crippen molar-refractivity contribution in [1.29, 1.82) is 0 Å². The Kier molecular flexibility index (Phi) is 4.76. The van der Waals surface area contributed by atoms with Gasteiger partial charge in [-0.05, 0) is 25.3 Å². The molecule has 1 amide bonds. The van der Waals surface area contributed by atoms with E-state index in [0.29, 0.717) is 18.8 Å². The van der Waals surface area contributed by atoms with Gasteiger partial charge in [0.1, 0.15) is 0 Å². The van der Waals surface area contributed by atoms with E-state index in [0.717, 1.165) is 18.5 Å². The fourth-order valence-corrected chi connectivity index (χ4v) is 3.24. The highest BCUT2D eigenvalue weighted by Crippen LogP contribution is 2.25. The standard InChI is InChI=1S/C18H22N2O3/c1-13-10-17(23-19-13)18(21)20-9-8-16(22-2)15(12-20)11-14-6-4-3-5-7-14/h3-7,10,15-16H,8-9,11-12H2,1-2H3/t15-,16+/m1/s1. The van der Waals surface area contributed by atoms with Gasteiger partial charge in [-0.25, -0.2) is 0 Å². The summed E-state index contributed by atoms with van der Waals surface area (Å²) in [6, 6.07) is 12.0. The fourth-order valence-electron chi connectivity index (χ4n) is 3.24. The summed E-state index contributed by atoms with van der Waals surface area (Å²) in [6.07, 6.45) is 1.92. The van der Waals surface area contributed by atoms with Crippen molar-refractivity contribution in [1.82, 2.24) is 10.1 Å². The molecule has 2 aromatic rings. The molecule has 122 valence electrons. The Morgan fingerprint density at radius 3 is 2.83 bits per heavy atom. The van der Waals surface area contributed by atoms with E-state index in [1.807, 2.05) is 30.0 Å². The molecule has 3 rings (SSSR count). The molecule has 2 heterocycles. The molecule has 0 spiro atoms. The van der Waals surface area contributed by atoms with Gasteiger partial charge in [0.15, 0.2) is 0 Å². The average Bonchev–Trinajstić information content (AvgIpc) is 3.01. The van der Waals surface area contributed by atoms with Gasteiger partial charge in [0.25, 0.3) is 5.91 Å². The SMILES string of the molecule is CO[C@H]1CCN(C(=O)c2cc(C)no2)C[C@H]1Cc1ccccc1. The van der Waals surface area contributed by atoms with Crippen molar-refractivity contribution < 1.29 is 14.1 Å². The molecule has 23 heavy (non-hydrogen) atoms. The lowest BCUT2D eigenvalue weighted by Crippen LogP contribution is -2.47. The number of carbonyl (C=O) groups is 1. The van der Waals surface area contributed by atoms with Crippen LogP contribution in [0.15, 0.2) is 40.9 Å². The van der Waals surface area contributed by atoms with Crippen molar-refractivity contribution in [3.8, 4) is 0 Å². The Labute approximate surface area is 136 Å². The average molecular weight is 314 g/mol. The van der Waals surface area contributed by atoms with E-state index in [1.54, 1.807) is 13.2 Å². The minimum Gasteiger partial charge on any atom is -0.381 e. The number of carbonyl (C=O) groups excluding carboxylic acids is 1. The number of nitrogens with zero attached hydrogens (tertiary/aromatic N) is 2. The highest BCUT2D eigenvalue weighted by atomic mass is 16.5. The molecule has 2 atom stereocenters. The molecule has 0 N–H and O–H groups in total. The van der Waals surface area contributed by atoms with Gasteiger partial charge in [0, 0.05) is 32.2 Å². The molecule has 1 aliphatic heterocycles. The molecule has 1 aliphatic rings. The second-order valence-electron chi connectivity index (χ2n) is 6.10. The summed E-state index contributed by atoms with van der Waals surface area (Å²) in [4.78, 5) is 14.4. The summed E-state index contributed by atoms with van der Waals surface area (Å²) in [7, 11) is 1.75. The highest BCUT2D eigenvalue weighted by molar-refractivity contribution is 5.91. The van der Waals surface area contributed by atoms with Gasteiger partial charge in [0.05, 0.1) is 11.8 Å². The lowest BCUT2D eigenvalue weighted by atomic mass is 9.88. The molecule has 5 heteroatoms. The van der Waals surface area contributed by atoms with Crippen LogP contribution >= 0.6 is 0 Å². The normalized spacial score (nSPS) is 21.4. The molecule has 1 aromatic heterocycles. The van der Waals surface area contributed by atoms with Gasteiger partial charge in [-0.1, -0.05) is 35.5 Å². The van der Waals surface area contributed by atoms with Crippen LogP contribution < -0.4 is 0 Å². The van der Waals surface area contributed by atoms with Crippen molar-refractivity contribution in [2.75, 3.05) is 20.2 Å². The molecular weight excluding hydrogens is 292 g/mol. The summed E-state index contributed by atoms with van der Waals surface area (Å²) in [5, 5.41) is 3.80. The van der Waals surface area contributed by atoms with Gasteiger partial charge in [-0.3, -0.25) is 4.79 Å². The lowest BCUT2D eigenvalue weighted by Gasteiger charge is -2.37. The Morgan fingerprint density at radius 1 is 1.39 bits per heavy atom. The molecule has 0 unspecified atom stereocenters. The molecule has 1 saturated heterocycles. The van der Waals surface area contributed by atoms with Crippen molar-refractivity contribution in [2.45, 2.75) is 25.9 Å². The predicted molar refractivity (Wildman–Crippen MR) is 86.2 cm³/mol. The number of likely N-dealkylation sites (tertiary alicyclic amines) is 1. The fraction of sp³-hybridized carbons (Fsp3) is 0.444. The maximum atomic E-state index is 12.6. The summed E-state index contributed by atoms with van der Waals surface area (Å²) < 4.78 is 10.8. The maximum absolute atomic E-state index is 12.6. The molecule has 0 bridgehead atoms. The van der Waals surface area contributed by atoms with Gasteiger partial charge in [0.2, 0.25) is 5.76 Å². The Hall–Kier alpha value is -2.14. The number of ether oxygens (including phenoxy) is 1. The van der Waals surface area contributed by atoms with Crippen molar-refractivity contribution in [3.05, 3.63) is 53.4 Å². The van der Waals surface area contributed by atoms with Gasteiger partial charge < -0.3 is 14.2 Å². The Morgan fingerprint density at radius 2 is 2.17 bits per heavy atom. The minimum absolute atomic E-state index is 0.0850.